The zero-order valence-corrected chi connectivity index (χ0v) is 15.4. The van der Waals surface area contributed by atoms with E-state index in [0.717, 1.165) is 18.5 Å². The third kappa shape index (κ3) is 4.62. The van der Waals surface area contributed by atoms with Gasteiger partial charge in [-0.3, -0.25) is 4.79 Å². The molecule has 0 radical (unpaired) electrons. The molecule has 0 unspecified atom stereocenters. The Morgan fingerprint density at radius 2 is 1.92 bits per heavy atom. The number of nitrogens with one attached hydrogen (secondary N) is 1. The maximum Gasteiger partial charge on any atom is 0.335 e. The van der Waals surface area contributed by atoms with E-state index in [0.29, 0.717) is 5.75 Å². The first-order valence-corrected chi connectivity index (χ1v) is 8.67. The smallest absolute Gasteiger partial charge is 0.335 e. The molecule has 1 amide bonds. The number of carboxylic acids is 1. The Balaban J connectivity index is 2.27. The van der Waals surface area contributed by atoms with Crippen LogP contribution in [0.1, 0.15) is 73.1 Å². The Kier molecular flexibility index (Phi) is 6.38. The largest absolute Gasteiger partial charge is 0.489 e. The van der Waals surface area contributed by atoms with E-state index in [9.17, 15) is 9.59 Å². The summed E-state index contributed by atoms with van der Waals surface area (Å²) in [5, 5.41) is 15.8. The van der Waals surface area contributed by atoms with Gasteiger partial charge < -0.3 is 19.7 Å². The van der Waals surface area contributed by atoms with Crippen LogP contribution in [0.3, 0.4) is 0 Å². The van der Waals surface area contributed by atoms with Crippen LogP contribution in [0.4, 0.5) is 5.69 Å². The number of aromatic carboxylic acids is 1. The molecule has 0 aliphatic rings. The first-order chi connectivity index (χ1) is 12.3. The van der Waals surface area contributed by atoms with Crippen molar-refractivity contribution in [2.45, 2.75) is 52.6 Å². The number of amides is 1. The van der Waals surface area contributed by atoms with Gasteiger partial charge in [-0.25, -0.2) is 4.79 Å². The van der Waals surface area contributed by atoms with Crippen LogP contribution in [-0.4, -0.2) is 28.2 Å². The Morgan fingerprint density at radius 3 is 2.50 bits per heavy atom. The van der Waals surface area contributed by atoms with Crippen LogP contribution in [0, 0.1) is 0 Å². The number of hydrogen-bond acceptors (Lipinski definition) is 5. The highest BCUT2D eigenvalue weighted by molar-refractivity contribution is 6.04. The number of rotatable bonds is 8. The molecule has 0 fully saturated rings. The Labute approximate surface area is 152 Å². The molecule has 0 saturated carbocycles. The molecule has 7 heteroatoms. The Hall–Kier alpha value is -2.83. The van der Waals surface area contributed by atoms with Crippen LogP contribution in [0.5, 0.6) is 5.75 Å². The lowest BCUT2D eigenvalue weighted by molar-refractivity contribution is 0.0696. The molecular formula is C19H24N2O5. The standard InChI is InChI=1S/C19H24N2O5/c1-5-12(6-2)14-10-17(26-21-14)18(22)20-15-9-13(19(23)24)7-8-16(15)25-11(3)4/h7-12H,5-6H2,1-4H3,(H,20,22)(H,23,24). The van der Waals surface area contributed by atoms with Crippen LogP contribution >= 0.6 is 0 Å². The van der Waals surface area contributed by atoms with E-state index in [1.807, 2.05) is 13.8 Å². The third-order valence-electron chi connectivity index (χ3n) is 3.99. The second kappa shape index (κ2) is 8.51. The number of anilines is 1. The summed E-state index contributed by atoms with van der Waals surface area (Å²) in [6.07, 6.45) is 1.67. The van der Waals surface area contributed by atoms with Gasteiger partial charge in [-0.2, -0.15) is 0 Å². The van der Waals surface area contributed by atoms with E-state index < -0.39 is 11.9 Å². The molecular weight excluding hydrogens is 336 g/mol. The predicted octanol–water partition coefficient (Wildman–Crippen LogP) is 4.32. The molecule has 1 aromatic heterocycles. The fourth-order valence-corrected chi connectivity index (χ4v) is 2.60. The number of carbonyl (C=O) groups excluding carboxylic acids is 1. The molecule has 2 aromatic rings. The molecule has 0 aliphatic heterocycles. The third-order valence-corrected chi connectivity index (χ3v) is 3.99. The van der Waals surface area contributed by atoms with E-state index in [-0.39, 0.29) is 29.0 Å². The van der Waals surface area contributed by atoms with Gasteiger partial charge in [-0.1, -0.05) is 19.0 Å². The van der Waals surface area contributed by atoms with Crippen molar-refractivity contribution in [1.29, 1.82) is 0 Å². The van der Waals surface area contributed by atoms with E-state index in [1.54, 1.807) is 6.07 Å². The number of carboxylic acid groups (broad SMARTS) is 1. The van der Waals surface area contributed by atoms with Crippen molar-refractivity contribution in [3.05, 3.63) is 41.3 Å². The average Bonchev–Trinajstić information content (AvgIpc) is 3.07. The Bertz CT molecular complexity index is 778. The van der Waals surface area contributed by atoms with Crippen LogP contribution < -0.4 is 10.1 Å². The summed E-state index contributed by atoms with van der Waals surface area (Å²) in [7, 11) is 0. The minimum absolute atomic E-state index is 0.0479. The summed E-state index contributed by atoms with van der Waals surface area (Å²) in [5.74, 6) is -0.908. The summed E-state index contributed by atoms with van der Waals surface area (Å²) < 4.78 is 10.8. The first-order valence-electron chi connectivity index (χ1n) is 8.67. The quantitative estimate of drug-likeness (QED) is 0.727. The van der Waals surface area contributed by atoms with Crippen LogP contribution in [0.15, 0.2) is 28.8 Å². The fraction of sp³-hybridized carbons (Fsp3) is 0.421. The van der Waals surface area contributed by atoms with E-state index in [2.05, 4.69) is 24.3 Å². The fourth-order valence-electron chi connectivity index (χ4n) is 2.60. The summed E-state index contributed by atoms with van der Waals surface area (Å²) in [5.41, 5.74) is 1.05. The molecule has 26 heavy (non-hydrogen) atoms. The van der Waals surface area contributed by atoms with Crippen LogP contribution in [0.25, 0.3) is 0 Å². The molecule has 140 valence electrons. The van der Waals surface area contributed by atoms with Crippen molar-refractivity contribution in [2.75, 3.05) is 5.32 Å². The van der Waals surface area contributed by atoms with Gasteiger partial charge in [0.25, 0.3) is 5.91 Å². The summed E-state index contributed by atoms with van der Waals surface area (Å²) in [6, 6.07) is 5.93. The lowest BCUT2D eigenvalue weighted by Gasteiger charge is -2.15. The molecule has 0 spiro atoms. The van der Waals surface area contributed by atoms with Gasteiger partial charge in [0.1, 0.15) is 5.75 Å². The van der Waals surface area contributed by atoms with Gasteiger partial charge in [0.15, 0.2) is 0 Å². The van der Waals surface area contributed by atoms with Crippen molar-refractivity contribution >= 4 is 17.6 Å². The van der Waals surface area contributed by atoms with E-state index in [4.69, 9.17) is 14.4 Å². The SMILES string of the molecule is CCC(CC)c1cc(C(=O)Nc2cc(C(=O)O)ccc2OC(C)C)on1. The topological polar surface area (TPSA) is 102 Å². The normalized spacial score (nSPS) is 11.0. The van der Waals surface area contributed by atoms with E-state index >= 15 is 0 Å². The zero-order valence-electron chi connectivity index (χ0n) is 15.4. The van der Waals surface area contributed by atoms with Crippen molar-refractivity contribution in [3.63, 3.8) is 0 Å². The number of aromatic nitrogens is 1. The van der Waals surface area contributed by atoms with Gasteiger partial charge in [0.2, 0.25) is 5.76 Å². The number of carbonyl (C=O) groups is 2. The molecule has 0 saturated heterocycles. The molecule has 1 aromatic carbocycles. The number of benzene rings is 1. The highest BCUT2D eigenvalue weighted by atomic mass is 16.5. The summed E-state index contributed by atoms with van der Waals surface area (Å²) in [4.78, 5) is 23.7. The lowest BCUT2D eigenvalue weighted by atomic mass is 9.99. The molecule has 0 atom stereocenters. The van der Waals surface area contributed by atoms with Crippen LogP contribution in [-0.2, 0) is 0 Å². The van der Waals surface area contributed by atoms with Gasteiger partial charge in [-0.15, -0.1) is 0 Å². The molecule has 1 heterocycles. The summed E-state index contributed by atoms with van der Waals surface area (Å²) >= 11 is 0. The zero-order chi connectivity index (χ0) is 19.3. The molecule has 2 rings (SSSR count). The molecule has 0 aliphatic carbocycles. The summed E-state index contributed by atoms with van der Waals surface area (Å²) in [6.45, 7) is 7.79. The maximum absolute atomic E-state index is 12.5. The maximum atomic E-state index is 12.5. The number of ether oxygens (including phenoxy) is 1. The van der Waals surface area contributed by atoms with Gasteiger partial charge in [0.05, 0.1) is 23.0 Å². The minimum atomic E-state index is -1.09. The van der Waals surface area contributed by atoms with Gasteiger partial charge in [0, 0.05) is 12.0 Å². The van der Waals surface area contributed by atoms with Crippen molar-refractivity contribution in [2.24, 2.45) is 0 Å². The monoisotopic (exact) mass is 360 g/mol. The van der Waals surface area contributed by atoms with E-state index in [1.165, 1.54) is 18.2 Å². The van der Waals surface area contributed by atoms with Crippen molar-refractivity contribution in [1.82, 2.24) is 5.16 Å². The van der Waals surface area contributed by atoms with Crippen molar-refractivity contribution < 1.29 is 24.0 Å². The average molecular weight is 360 g/mol. The molecule has 0 bridgehead atoms. The molecule has 7 nitrogen and oxygen atoms in total. The highest BCUT2D eigenvalue weighted by Gasteiger charge is 2.20. The second-order valence-electron chi connectivity index (χ2n) is 6.27. The second-order valence-corrected chi connectivity index (χ2v) is 6.27. The minimum Gasteiger partial charge on any atom is -0.489 e. The number of hydrogen-bond donors (Lipinski definition) is 2. The first kappa shape index (κ1) is 19.5. The van der Waals surface area contributed by atoms with Gasteiger partial charge in [-0.05, 0) is 44.9 Å². The highest BCUT2D eigenvalue weighted by Crippen LogP contribution is 2.28. The molecule has 2 N–H and O–H groups in total. The van der Waals surface area contributed by atoms with Gasteiger partial charge >= 0.3 is 5.97 Å². The predicted molar refractivity (Wildman–Crippen MR) is 96.9 cm³/mol. The van der Waals surface area contributed by atoms with Crippen LogP contribution in [0.2, 0.25) is 0 Å². The lowest BCUT2D eigenvalue weighted by Crippen LogP contribution is -2.15. The Morgan fingerprint density at radius 1 is 1.23 bits per heavy atom. The van der Waals surface area contributed by atoms with Crippen molar-refractivity contribution in [3.8, 4) is 5.75 Å². The number of nitrogens with zero attached hydrogens (tertiary/aromatic N) is 1.